The normalized spacial score (nSPS) is 21.2. The van der Waals surface area contributed by atoms with Crippen molar-refractivity contribution >= 4 is 0 Å². The van der Waals surface area contributed by atoms with E-state index in [4.69, 9.17) is 0 Å². The molecule has 0 aliphatic heterocycles. The zero-order valence-corrected chi connectivity index (χ0v) is 17.7. The first-order valence-corrected chi connectivity index (χ1v) is 10.5. The Kier molecular flexibility index (Phi) is 2.74. The summed E-state index contributed by atoms with van der Waals surface area (Å²) in [5.41, 5.74) is 13.5. The summed E-state index contributed by atoms with van der Waals surface area (Å²) in [5.74, 6) is 1.50. The molecule has 0 amide bonds. The largest absolute Gasteiger partial charge is 0.0647 e. The molecule has 3 aromatic rings. The minimum absolute atomic E-state index is 0.0101. The van der Waals surface area contributed by atoms with Gasteiger partial charge in [-0.05, 0) is 50.1 Å². The van der Waals surface area contributed by atoms with Crippen molar-refractivity contribution in [3.63, 3.8) is 0 Å². The van der Waals surface area contributed by atoms with Gasteiger partial charge in [-0.3, -0.25) is 0 Å². The van der Waals surface area contributed by atoms with E-state index >= 15 is 0 Å². The van der Waals surface area contributed by atoms with E-state index in [-0.39, 0.29) is 16.2 Å². The van der Waals surface area contributed by atoms with Gasteiger partial charge < -0.3 is 0 Å². The molecule has 0 nitrogen and oxygen atoms in total. The van der Waals surface area contributed by atoms with E-state index in [1.807, 2.05) is 0 Å². The summed E-state index contributed by atoms with van der Waals surface area (Å²) in [6.45, 7) is 14.4. The molecule has 6 rings (SSSR count). The summed E-state index contributed by atoms with van der Waals surface area (Å²) in [6.07, 6.45) is 0. The Morgan fingerprint density at radius 2 is 0.607 bits per heavy atom. The second-order valence-electron chi connectivity index (χ2n) is 10.4. The van der Waals surface area contributed by atoms with Gasteiger partial charge in [0, 0.05) is 16.2 Å². The zero-order valence-electron chi connectivity index (χ0n) is 17.7. The molecule has 3 aliphatic carbocycles. The molecular weight excluding hydrogens is 336 g/mol. The van der Waals surface area contributed by atoms with E-state index in [1.165, 1.54) is 56.0 Å². The second kappa shape index (κ2) is 4.62. The third kappa shape index (κ3) is 1.58. The highest BCUT2D eigenvalue weighted by molar-refractivity contribution is 5.82. The number of hydrogen-bond acceptors (Lipinski definition) is 0. The van der Waals surface area contributed by atoms with Crippen LogP contribution < -0.4 is 0 Å². The number of benzene rings is 3. The average molecular weight is 364 g/mol. The number of rotatable bonds is 0. The SMILES string of the molecule is CC1(C)c2cccc3c2[C]2c4c1cccc4C(C)(C)c1cccc(c12)C3(C)C. The lowest BCUT2D eigenvalue weighted by atomic mass is 9.50. The van der Waals surface area contributed by atoms with Crippen molar-refractivity contribution in [3.05, 3.63) is 111 Å². The van der Waals surface area contributed by atoms with Crippen LogP contribution in [0.4, 0.5) is 0 Å². The van der Waals surface area contributed by atoms with Crippen LogP contribution in [0.25, 0.3) is 0 Å². The third-order valence-corrected chi connectivity index (χ3v) is 7.98. The van der Waals surface area contributed by atoms with Crippen LogP contribution in [0.15, 0.2) is 54.6 Å². The first-order valence-electron chi connectivity index (χ1n) is 10.5. The molecule has 0 bridgehead atoms. The molecular formula is C28H27. The molecule has 0 N–H and O–H groups in total. The van der Waals surface area contributed by atoms with E-state index in [0.29, 0.717) is 0 Å². The van der Waals surface area contributed by atoms with E-state index in [2.05, 4.69) is 96.1 Å². The lowest BCUT2D eigenvalue weighted by molar-refractivity contribution is 0.542. The highest BCUT2D eigenvalue weighted by Crippen LogP contribution is 2.62. The van der Waals surface area contributed by atoms with E-state index in [9.17, 15) is 0 Å². The van der Waals surface area contributed by atoms with Crippen molar-refractivity contribution in [2.75, 3.05) is 0 Å². The fourth-order valence-corrected chi connectivity index (χ4v) is 6.40. The van der Waals surface area contributed by atoms with Crippen LogP contribution in [-0.4, -0.2) is 0 Å². The molecule has 0 heteroatoms. The maximum Gasteiger partial charge on any atom is 0.0647 e. The quantitative estimate of drug-likeness (QED) is 0.421. The van der Waals surface area contributed by atoms with E-state index in [0.717, 1.165) is 0 Å². The van der Waals surface area contributed by atoms with Gasteiger partial charge in [-0.2, -0.15) is 0 Å². The van der Waals surface area contributed by atoms with Crippen molar-refractivity contribution in [1.29, 1.82) is 0 Å². The summed E-state index contributed by atoms with van der Waals surface area (Å²) in [5, 5.41) is 0. The average Bonchev–Trinajstić information content (AvgIpc) is 2.66. The van der Waals surface area contributed by atoms with Crippen LogP contribution in [0.1, 0.15) is 91.6 Å². The van der Waals surface area contributed by atoms with Gasteiger partial charge in [-0.1, -0.05) is 96.1 Å². The molecule has 0 unspecified atom stereocenters. The van der Waals surface area contributed by atoms with Gasteiger partial charge >= 0.3 is 0 Å². The van der Waals surface area contributed by atoms with Gasteiger partial charge in [-0.15, -0.1) is 0 Å². The molecule has 0 heterocycles. The molecule has 0 saturated heterocycles. The van der Waals surface area contributed by atoms with Gasteiger partial charge in [0.15, 0.2) is 0 Å². The molecule has 0 atom stereocenters. The minimum atomic E-state index is 0.0101. The van der Waals surface area contributed by atoms with Crippen LogP contribution in [-0.2, 0) is 16.2 Å². The van der Waals surface area contributed by atoms with E-state index in [1.54, 1.807) is 0 Å². The fourth-order valence-electron chi connectivity index (χ4n) is 6.40. The maximum absolute atomic E-state index is 2.41. The van der Waals surface area contributed by atoms with Crippen molar-refractivity contribution in [2.45, 2.75) is 57.8 Å². The summed E-state index contributed by atoms with van der Waals surface area (Å²) in [6, 6.07) is 21.0. The first kappa shape index (κ1) is 16.6. The lowest BCUT2D eigenvalue weighted by Crippen LogP contribution is -2.43. The predicted molar refractivity (Wildman–Crippen MR) is 116 cm³/mol. The summed E-state index contributed by atoms with van der Waals surface area (Å²) in [7, 11) is 0. The van der Waals surface area contributed by atoms with Gasteiger partial charge in [0.25, 0.3) is 0 Å². The van der Waals surface area contributed by atoms with Gasteiger partial charge in [0.2, 0.25) is 0 Å². The Balaban J connectivity index is 1.90. The lowest BCUT2D eigenvalue weighted by Gasteiger charge is -2.52. The second-order valence-corrected chi connectivity index (χ2v) is 10.4. The van der Waals surface area contributed by atoms with Crippen molar-refractivity contribution in [3.8, 4) is 0 Å². The van der Waals surface area contributed by atoms with Gasteiger partial charge in [0.1, 0.15) is 0 Å². The summed E-state index contributed by atoms with van der Waals surface area (Å²) in [4.78, 5) is 0. The van der Waals surface area contributed by atoms with Gasteiger partial charge in [0.05, 0.1) is 5.92 Å². The van der Waals surface area contributed by atoms with Crippen molar-refractivity contribution in [1.82, 2.24) is 0 Å². The topological polar surface area (TPSA) is 0 Å². The highest BCUT2D eigenvalue weighted by atomic mass is 14.5. The maximum atomic E-state index is 2.41. The standard InChI is InChI=1S/C28H27/c1-26(2)16-10-7-12-18-22(16)25-23-17(26)11-8-13-19(23)28(5,6)21-15-9-14-20(24(21)25)27(18,3)4/h7-15H,1-6H3. The van der Waals surface area contributed by atoms with Crippen LogP contribution in [0.2, 0.25) is 0 Å². The molecule has 0 aromatic heterocycles. The van der Waals surface area contributed by atoms with Crippen LogP contribution in [0.3, 0.4) is 0 Å². The highest BCUT2D eigenvalue weighted by Gasteiger charge is 2.52. The Morgan fingerprint density at radius 3 is 0.821 bits per heavy atom. The third-order valence-electron chi connectivity index (χ3n) is 7.98. The molecule has 3 aliphatic rings. The Hall–Kier alpha value is -2.34. The fraction of sp³-hybridized carbons (Fsp3) is 0.321. The molecule has 139 valence electrons. The molecule has 1 radical (unpaired) electrons. The van der Waals surface area contributed by atoms with Gasteiger partial charge in [-0.25, -0.2) is 0 Å². The van der Waals surface area contributed by atoms with E-state index < -0.39 is 0 Å². The first-order chi connectivity index (χ1) is 13.2. The minimum Gasteiger partial charge on any atom is -0.0616 e. The summed E-state index contributed by atoms with van der Waals surface area (Å²) < 4.78 is 0. The molecule has 0 fully saturated rings. The predicted octanol–water partition coefficient (Wildman–Crippen LogP) is 6.62. The van der Waals surface area contributed by atoms with Crippen LogP contribution in [0, 0.1) is 5.92 Å². The molecule has 28 heavy (non-hydrogen) atoms. The van der Waals surface area contributed by atoms with Crippen molar-refractivity contribution < 1.29 is 0 Å². The Bertz CT molecular complexity index is 963. The van der Waals surface area contributed by atoms with Crippen LogP contribution >= 0.6 is 0 Å². The molecule has 0 saturated carbocycles. The zero-order chi connectivity index (χ0) is 19.6. The smallest absolute Gasteiger partial charge is 0.0616 e. The Morgan fingerprint density at radius 1 is 0.393 bits per heavy atom. The summed E-state index contributed by atoms with van der Waals surface area (Å²) >= 11 is 0. The van der Waals surface area contributed by atoms with Crippen molar-refractivity contribution in [2.24, 2.45) is 0 Å². The molecule has 0 spiro atoms. The van der Waals surface area contributed by atoms with Crippen LogP contribution in [0.5, 0.6) is 0 Å². The monoisotopic (exact) mass is 363 g/mol. The number of hydrogen-bond donors (Lipinski definition) is 0. The molecule has 3 aromatic carbocycles. The Labute approximate surface area is 168 Å².